The van der Waals surface area contributed by atoms with Crippen molar-refractivity contribution in [2.75, 3.05) is 0 Å². The van der Waals surface area contributed by atoms with Crippen LogP contribution in [0.1, 0.15) is 11.3 Å². The molecule has 0 saturated heterocycles. The quantitative estimate of drug-likeness (QED) is 0.870. The molecular formula is C11H8BrF3N2O. The lowest BCUT2D eigenvalue weighted by Crippen LogP contribution is -2.08. The lowest BCUT2D eigenvalue weighted by molar-refractivity contribution is -0.141. The highest BCUT2D eigenvalue weighted by Crippen LogP contribution is 2.35. The van der Waals surface area contributed by atoms with Gasteiger partial charge in [0.2, 0.25) is 5.88 Å². The van der Waals surface area contributed by atoms with Gasteiger partial charge in [-0.1, -0.05) is 15.9 Å². The van der Waals surface area contributed by atoms with Crippen LogP contribution in [-0.4, -0.2) is 14.9 Å². The molecule has 7 heteroatoms. The van der Waals surface area contributed by atoms with E-state index in [1.54, 1.807) is 24.3 Å². The van der Waals surface area contributed by atoms with Crippen molar-refractivity contribution in [3.63, 3.8) is 0 Å². The summed E-state index contributed by atoms with van der Waals surface area (Å²) in [5.41, 5.74) is -1.01. The van der Waals surface area contributed by atoms with Crippen LogP contribution in [0.25, 0.3) is 5.69 Å². The summed E-state index contributed by atoms with van der Waals surface area (Å²) in [5.74, 6) is -0.510. The van der Waals surface area contributed by atoms with Crippen molar-refractivity contribution >= 4 is 15.9 Å². The van der Waals surface area contributed by atoms with Gasteiger partial charge >= 0.3 is 6.18 Å². The second-order valence-corrected chi connectivity index (χ2v) is 4.60. The first-order valence-electron chi connectivity index (χ1n) is 4.92. The van der Waals surface area contributed by atoms with Crippen LogP contribution in [-0.2, 0) is 6.18 Å². The summed E-state index contributed by atoms with van der Waals surface area (Å²) in [4.78, 5) is 0. The molecule has 0 amide bonds. The Morgan fingerprint density at radius 3 is 2.22 bits per heavy atom. The Hall–Kier alpha value is -1.50. The fourth-order valence-corrected chi connectivity index (χ4v) is 1.78. The molecule has 2 aromatic rings. The van der Waals surface area contributed by atoms with E-state index >= 15 is 0 Å². The number of halogens is 4. The van der Waals surface area contributed by atoms with Crippen LogP contribution >= 0.6 is 15.9 Å². The maximum absolute atomic E-state index is 12.6. The highest BCUT2D eigenvalue weighted by Gasteiger charge is 2.38. The normalized spacial score (nSPS) is 11.8. The van der Waals surface area contributed by atoms with E-state index in [2.05, 4.69) is 21.0 Å². The van der Waals surface area contributed by atoms with E-state index < -0.39 is 17.8 Å². The van der Waals surface area contributed by atoms with Crippen LogP contribution in [0, 0.1) is 6.92 Å². The SMILES string of the molecule is Cc1c(C(F)(F)F)nn(-c2ccc(Br)cc2)c1O. The summed E-state index contributed by atoms with van der Waals surface area (Å²) in [7, 11) is 0. The average Bonchev–Trinajstić information content (AvgIpc) is 2.57. The second-order valence-electron chi connectivity index (χ2n) is 3.68. The molecular weight excluding hydrogens is 313 g/mol. The van der Waals surface area contributed by atoms with Crippen LogP contribution in [0.3, 0.4) is 0 Å². The molecule has 0 bridgehead atoms. The lowest BCUT2D eigenvalue weighted by Gasteiger charge is -2.03. The van der Waals surface area contributed by atoms with Gasteiger partial charge < -0.3 is 5.11 Å². The lowest BCUT2D eigenvalue weighted by atomic mass is 10.2. The first kappa shape index (κ1) is 12.9. The molecule has 18 heavy (non-hydrogen) atoms. The van der Waals surface area contributed by atoms with E-state index in [1.807, 2.05) is 0 Å². The summed E-state index contributed by atoms with van der Waals surface area (Å²) in [5, 5.41) is 13.1. The molecule has 0 aliphatic rings. The average molecular weight is 321 g/mol. The Balaban J connectivity index is 2.56. The molecule has 0 spiro atoms. The third kappa shape index (κ3) is 2.22. The minimum absolute atomic E-state index is 0.287. The van der Waals surface area contributed by atoms with E-state index in [0.717, 1.165) is 9.15 Å². The number of rotatable bonds is 1. The maximum Gasteiger partial charge on any atom is 0.435 e. The molecule has 1 aromatic heterocycles. The first-order valence-corrected chi connectivity index (χ1v) is 5.71. The van der Waals surface area contributed by atoms with Crippen LogP contribution in [0.15, 0.2) is 28.7 Å². The third-order valence-electron chi connectivity index (χ3n) is 2.43. The van der Waals surface area contributed by atoms with Gasteiger partial charge in [0.25, 0.3) is 0 Å². The summed E-state index contributed by atoms with van der Waals surface area (Å²) in [6, 6.07) is 6.41. The smallest absolute Gasteiger partial charge is 0.435 e. The molecule has 0 aliphatic carbocycles. The largest absolute Gasteiger partial charge is 0.493 e. The minimum atomic E-state index is -4.58. The number of hydrogen-bond acceptors (Lipinski definition) is 2. The predicted molar refractivity (Wildman–Crippen MR) is 62.7 cm³/mol. The Morgan fingerprint density at radius 2 is 1.78 bits per heavy atom. The summed E-state index contributed by atoms with van der Waals surface area (Å²) in [6.07, 6.45) is -4.58. The van der Waals surface area contributed by atoms with Gasteiger partial charge in [0.05, 0.1) is 5.69 Å². The highest BCUT2D eigenvalue weighted by atomic mass is 79.9. The zero-order chi connectivity index (χ0) is 13.5. The summed E-state index contributed by atoms with van der Waals surface area (Å²) >= 11 is 3.22. The molecule has 0 unspecified atom stereocenters. The van der Waals surface area contributed by atoms with E-state index in [-0.39, 0.29) is 5.56 Å². The fourth-order valence-electron chi connectivity index (χ4n) is 1.52. The molecule has 1 aromatic carbocycles. The van der Waals surface area contributed by atoms with E-state index in [1.165, 1.54) is 6.92 Å². The fraction of sp³-hybridized carbons (Fsp3) is 0.182. The van der Waals surface area contributed by atoms with Gasteiger partial charge in [0.1, 0.15) is 0 Å². The molecule has 3 nitrogen and oxygen atoms in total. The van der Waals surface area contributed by atoms with Gasteiger partial charge in [-0.05, 0) is 31.2 Å². The van der Waals surface area contributed by atoms with Crippen LogP contribution in [0.5, 0.6) is 5.88 Å². The van der Waals surface area contributed by atoms with Gasteiger partial charge in [-0.25, -0.2) is 4.68 Å². The van der Waals surface area contributed by atoms with E-state index in [0.29, 0.717) is 5.69 Å². The number of hydrogen-bond donors (Lipinski definition) is 1. The van der Waals surface area contributed by atoms with Gasteiger partial charge in [0.15, 0.2) is 5.69 Å². The molecule has 0 aliphatic heterocycles. The highest BCUT2D eigenvalue weighted by molar-refractivity contribution is 9.10. The number of benzene rings is 1. The van der Waals surface area contributed by atoms with Crippen molar-refractivity contribution in [1.29, 1.82) is 0 Å². The van der Waals surface area contributed by atoms with Crippen molar-refractivity contribution in [2.24, 2.45) is 0 Å². The molecule has 2 rings (SSSR count). The second kappa shape index (κ2) is 4.31. The summed E-state index contributed by atoms with van der Waals surface area (Å²) < 4.78 is 39.5. The number of aromatic hydroxyl groups is 1. The van der Waals surface area contributed by atoms with Crippen LogP contribution in [0.2, 0.25) is 0 Å². The van der Waals surface area contributed by atoms with Crippen molar-refractivity contribution in [1.82, 2.24) is 9.78 Å². The number of aromatic nitrogens is 2. The predicted octanol–water partition coefficient (Wildman–Crippen LogP) is 3.67. The molecule has 0 atom stereocenters. The van der Waals surface area contributed by atoms with Crippen molar-refractivity contribution in [2.45, 2.75) is 13.1 Å². The summed E-state index contributed by atoms with van der Waals surface area (Å²) in [6.45, 7) is 1.18. The molecule has 0 radical (unpaired) electrons. The Morgan fingerprint density at radius 1 is 1.22 bits per heavy atom. The molecule has 96 valence electrons. The monoisotopic (exact) mass is 320 g/mol. The van der Waals surface area contributed by atoms with Crippen molar-refractivity contribution < 1.29 is 18.3 Å². The molecule has 1 N–H and O–H groups in total. The topological polar surface area (TPSA) is 38.0 Å². The molecule has 1 heterocycles. The van der Waals surface area contributed by atoms with Gasteiger partial charge in [-0.15, -0.1) is 0 Å². The Kier molecular flexibility index (Phi) is 3.10. The zero-order valence-electron chi connectivity index (χ0n) is 9.16. The maximum atomic E-state index is 12.6. The Labute approximate surface area is 109 Å². The third-order valence-corrected chi connectivity index (χ3v) is 2.96. The van der Waals surface area contributed by atoms with Crippen LogP contribution < -0.4 is 0 Å². The van der Waals surface area contributed by atoms with Crippen LogP contribution in [0.4, 0.5) is 13.2 Å². The van der Waals surface area contributed by atoms with Gasteiger partial charge in [0, 0.05) is 10.0 Å². The Bertz CT molecular complexity index is 575. The minimum Gasteiger partial charge on any atom is -0.493 e. The van der Waals surface area contributed by atoms with Gasteiger partial charge in [-0.2, -0.15) is 18.3 Å². The molecule has 0 fully saturated rings. The zero-order valence-corrected chi connectivity index (χ0v) is 10.7. The molecule has 0 saturated carbocycles. The van der Waals surface area contributed by atoms with E-state index in [4.69, 9.17) is 0 Å². The van der Waals surface area contributed by atoms with Crippen molar-refractivity contribution in [3.05, 3.63) is 40.0 Å². The van der Waals surface area contributed by atoms with Gasteiger partial charge in [-0.3, -0.25) is 0 Å². The van der Waals surface area contributed by atoms with E-state index in [9.17, 15) is 18.3 Å². The van der Waals surface area contributed by atoms with Crippen molar-refractivity contribution in [3.8, 4) is 11.6 Å². The standard InChI is InChI=1S/C11H8BrF3N2O/c1-6-9(11(13,14)15)16-17(10(6)18)8-4-2-7(12)3-5-8/h2-5,18H,1H3. The number of nitrogens with zero attached hydrogens (tertiary/aromatic N) is 2. The first-order chi connectivity index (χ1) is 8.30. The number of alkyl halides is 3.